The fraction of sp³-hybridized carbons (Fsp3) is 0.524. The second-order valence-electron chi connectivity index (χ2n) is 7.14. The second-order valence-corrected chi connectivity index (χ2v) is 7.55. The lowest BCUT2D eigenvalue weighted by molar-refractivity contribution is -0.138. The maximum absolute atomic E-state index is 12.5. The van der Waals surface area contributed by atoms with Crippen molar-refractivity contribution in [2.24, 2.45) is 5.92 Å². The van der Waals surface area contributed by atoms with E-state index < -0.39 is 0 Å². The average Bonchev–Trinajstić information content (AvgIpc) is 3.55. The highest BCUT2D eigenvalue weighted by atomic mass is 35.5. The summed E-state index contributed by atoms with van der Waals surface area (Å²) in [6.45, 7) is 4.92. The largest absolute Gasteiger partial charge is 0.493 e. The Labute approximate surface area is 171 Å². The van der Waals surface area contributed by atoms with E-state index in [9.17, 15) is 9.59 Å². The third kappa shape index (κ3) is 4.98. The molecule has 2 aliphatic rings. The Morgan fingerprint density at radius 1 is 1.18 bits per heavy atom. The lowest BCUT2D eigenvalue weighted by Crippen LogP contribution is -2.50. The topological polar surface area (TPSA) is 59.1 Å². The van der Waals surface area contributed by atoms with E-state index in [1.54, 1.807) is 30.2 Å². The van der Waals surface area contributed by atoms with Gasteiger partial charge in [-0.3, -0.25) is 9.59 Å². The van der Waals surface area contributed by atoms with Crippen molar-refractivity contribution in [1.29, 1.82) is 0 Å². The number of benzene rings is 1. The number of hydrogen-bond acceptors (Lipinski definition) is 4. The molecule has 0 radical (unpaired) electrons. The molecule has 0 unspecified atom stereocenters. The normalized spacial score (nSPS) is 17.1. The van der Waals surface area contributed by atoms with E-state index in [0.29, 0.717) is 49.3 Å². The van der Waals surface area contributed by atoms with Crippen LogP contribution in [0.1, 0.15) is 31.7 Å². The van der Waals surface area contributed by atoms with Crippen LogP contribution in [0, 0.1) is 5.92 Å². The SMILES string of the molecule is CCCOc1c(Cl)cc(/C=C/C(=O)N2CCN(C(=O)C3CC3)CC2)cc1OC. The van der Waals surface area contributed by atoms with Crippen molar-refractivity contribution in [2.75, 3.05) is 39.9 Å². The first-order chi connectivity index (χ1) is 13.5. The molecule has 1 heterocycles. The molecule has 0 aromatic heterocycles. The molecule has 1 aliphatic carbocycles. The van der Waals surface area contributed by atoms with Crippen molar-refractivity contribution >= 4 is 29.5 Å². The van der Waals surface area contributed by atoms with Crippen LogP contribution >= 0.6 is 11.6 Å². The second kappa shape index (κ2) is 9.32. The van der Waals surface area contributed by atoms with Crippen LogP contribution in [0.25, 0.3) is 6.08 Å². The van der Waals surface area contributed by atoms with Crippen LogP contribution in [0.2, 0.25) is 5.02 Å². The molecule has 152 valence electrons. The Kier molecular flexibility index (Phi) is 6.83. The number of hydrogen-bond donors (Lipinski definition) is 0. The first kappa shape index (κ1) is 20.5. The van der Waals surface area contributed by atoms with E-state index in [0.717, 1.165) is 24.8 Å². The minimum atomic E-state index is -0.0695. The lowest BCUT2D eigenvalue weighted by Gasteiger charge is -2.34. The van der Waals surface area contributed by atoms with Gasteiger partial charge >= 0.3 is 0 Å². The summed E-state index contributed by atoms with van der Waals surface area (Å²) in [4.78, 5) is 28.2. The van der Waals surface area contributed by atoms with Crippen LogP contribution in [-0.4, -0.2) is 61.5 Å². The van der Waals surface area contributed by atoms with Crippen molar-refractivity contribution in [2.45, 2.75) is 26.2 Å². The van der Waals surface area contributed by atoms with Crippen LogP contribution in [0.4, 0.5) is 0 Å². The van der Waals surface area contributed by atoms with Crippen molar-refractivity contribution in [3.63, 3.8) is 0 Å². The number of halogens is 1. The summed E-state index contributed by atoms with van der Waals surface area (Å²) in [5, 5.41) is 0.451. The van der Waals surface area contributed by atoms with Crippen LogP contribution in [0.5, 0.6) is 11.5 Å². The highest BCUT2D eigenvalue weighted by molar-refractivity contribution is 6.32. The summed E-state index contributed by atoms with van der Waals surface area (Å²) in [6, 6.07) is 3.55. The number of ether oxygens (including phenoxy) is 2. The van der Waals surface area contributed by atoms with Crippen LogP contribution in [0.15, 0.2) is 18.2 Å². The fourth-order valence-electron chi connectivity index (χ4n) is 3.19. The monoisotopic (exact) mass is 406 g/mol. The van der Waals surface area contributed by atoms with E-state index in [1.165, 1.54) is 6.08 Å². The Morgan fingerprint density at radius 2 is 1.86 bits per heavy atom. The van der Waals surface area contributed by atoms with E-state index in [4.69, 9.17) is 21.1 Å². The molecule has 2 amide bonds. The van der Waals surface area contributed by atoms with Gasteiger partial charge in [0.2, 0.25) is 11.8 Å². The summed E-state index contributed by atoms with van der Waals surface area (Å²) < 4.78 is 11.0. The smallest absolute Gasteiger partial charge is 0.246 e. The molecule has 28 heavy (non-hydrogen) atoms. The predicted molar refractivity (Wildman–Crippen MR) is 109 cm³/mol. The molecule has 3 rings (SSSR count). The number of piperazine rings is 1. The maximum atomic E-state index is 12.5. The molecular formula is C21H27ClN2O4. The Balaban J connectivity index is 1.59. The predicted octanol–water partition coefficient (Wildman–Crippen LogP) is 3.23. The van der Waals surface area contributed by atoms with Gasteiger partial charge in [-0.05, 0) is 43.0 Å². The third-order valence-electron chi connectivity index (χ3n) is 4.95. The fourth-order valence-corrected chi connectivity index (χ4v) is 3.46. The zero-order valence-electron chi connectivity index (χ0n) is 16.4. The molecule has 0 atom stereocenters. The summed E-state index contributed by atoms with van der Waals surface area (Å²) in [5.41, 5.74) is 0.765. The summed E-state index contributed by atoms with van der Waals surface area (Å²) in [6.07, 6.45) is 6.15. The molecule has 0 bridgehead atoms. The van der Waals surface area contributed by atoms with Crippen molar-refractivity contribution in [3.05, 3.63) is 28.8 Å². The van der Waals surface area contributed by atoms with Gasteiger partial charge in [0.1, 0.15) is 0 Å². The molecule has 6 nitrogen and oxygen atoms in total. The molecule has 1 aliphatic heterocycles. The van der Waals surface area contributed by atoms with Gasteiger partial charge in [0.05, 0.1) is 18.7 Å². The Bertz CT molecular complexity index is 753. The zero-order valence-corrected chi connectivity index (χ0v) is 17.2. The number of amides is 2. The van der Waals surface area contributed by atoms with Gasteiger partial charge in [-0.25, -0.2) is 0 Å². The average molecular weight is 407 g/mol. The minimum Gasteiger partial charge on any atom is -0.493 e. The molecule has 1 saturated carbocycles. The van der Waals surface area contributed by atoms with Crippen molar-refractivity contribution < 1.29 is 19.1 Å². The molecule has 2 fully saturated rings. The molecule has 1 saturated heterocycles. The first-order valence-corrected chi connectivity index (χ1v) is 10.2. The number of carbonyl (C=O) groups excluding carboxylic acids is 2. The molecule has 7 heteroatoms. The van der Waals surface area contributed by atoms with Gasteiger partial charge in [-0.2, -0.15) is 0 Å². The van der Waals surface area contributed by atoms with E-state index in [-0.39, 0.29) is 17.7 Å². The Morgan fingerprint density at radius 3 is 2.46 bits per heavy atom. The zero-order chi connectivity index (χ0) is 20.1. The highest BCUT2D eigenvalue weighted by Crippen LogP contribution is 2.37. The van der Waals surface area contributed by atoms with Crippen molar-refractivity contribution in [1.82, 2.24) is 9.80 Å². The molecule has 1 aromatic rings. The summed E-state index contributed by atoms with van der Waals surface area (Å²) in [7, 11) is 1.56. The van der Waals surface area contributed by atoms with Gasteiger partial charge in [-0.15, -0.1) is 0 Å². The third-order valence-corrected chi connectivity index (χ3v) is 5.23. The lowest BCUT2D eigenvalue weighted by atomic mass is 10.1. The summed E-state index contributed by atoms with van der Waals surface area (Å²) in [5.74, 6) is 1.46. The van der Waals surface area contributed by atoms with Gasteiger partial charge in [-0.1, -0.05) is 18.5 Å². The maximum Gasteiger partial charge on any atom is 0.246 e. The first-order valence-electron chi connectivity index (χ1n) is 9.79. The standard InChI is InChI=1S/C21H27ClN2O4/c1-3-12-28-20-17(22)13-15(14-18(20)27-2)4-7-19(25)23-8-10-24(11-9-23)21(26)16-5-6-16/h4,7,13-14,16H,3,5-6,8-12H2,1-2H3/b7-4+. The van der Waals surface area contributed by atoms with Gasteiger partial charge in [0.25, 0.3) is 0 Å². The molecule has 0 N–H and O–H groups in total. The quantitative estimate of drug-likeness (QED) is 0.652. The van der Waals surface area contributed by atoms with Crippen LogP contribution < -0.4 is 9.47 Å². The Hall–Kier alpha value is -2.21. The van der Waals surface area contributed by atoms with E-state index in [2.05, 4.69) is 0 Å². The molecular weight excluding hydrogens is 380 g/mol. The number of rotatable bonds is 7. The van der Waals surface area contributed by atoms with E-state index >= 15 is 0 Å². The number of methoxy groups -OCH3 is 1. The number of carbonyl (C=O) groups is 2. The summed E-state index contributed by atoms with van der Waals surface area (Å²) >= 11 is 6.32. The van der Waals surface area contributed by atoms with Gasteiger partial charge in [0.15, 0.2) is 11.5 Å². The van der Waals surface area contributed by atoms with Gasteiger partial charge in [0, 0.05) is 38.2 Å². The minimum absolute atomic E-state index is 0.0695. The number of nitrogens with zero attached hydrogens (tertiary/aromatic N) is 2. The van der Waals surface area contributed by atoms with E-state index in [1.807, 2.05) is 11.8 Å². The van der Waals surface area contributed by atoms with Gasteiger partial charge < -0.3 is 19.3 Å². The molecule has 0 spiro atoms. The highest BCUT2D eigenvalue weighted by Gasteiger charge is 2.34. The van der Waals surface area contributed by atoms with Crippen LogP contribution in [-0.2, 0) is 9.59 Å². The van der Waals surface area contributed by atoms with Crippen LogP contribution in [0.3, 0.4) is 0 Å². The van der Waals surface area contributed by atoms with Crippen molar-refractivity contribution in [3.8, 4) is 11.5 Å². The molecule has 1 aromatic carbocycles.